The van der Waals surface area contributed by atoms with Crippen molar-refractivity contribution in [3.63, 3.8) is 0 Å². The number of nitrogens with one attached hydrogen (secondary N) is 1. The standard InChI is InChI=1S/C15H16ClN3O2S/c1-3-17-15-19(4-2)14(21)12(22-15)9-13(20)18-11-7-5-6-10(16)8-11/h5-9H,3-4H2,1-2H3,(H,18,20)/b12-9+,17-15?. The summed E-state index contributed by atoms with van der Waals surface area (Å²) in [6.07, 6.45) is 1.30. The SMILES string of the molecule is CCN=C1S/C(=C/C(=O)Nc2cccc(Cl)c2)C(=O)N1CC. The number of thioether (sulfide) groups is 1. The Labute approximate surface area is 138 Å². The number of hydrogen-bond donors (Lipinski definition) is 1. The van der Waals surface area contributed by atoms with Gasteiger partial charge in [-0.25, -0.2) is 0 Å². The largest absolute Gasteiger partial charge is 0.322 e. The van der Waals surface area contributed by atoms with E-state index in [2.05, 4.69) is 10.3 Å². The van der Waals surface area contributed by atoms with Crippen molar-refractivity contribution in [2.75, 3.05) is 18.4 Å². The molecule has 2 rings (SSSR count). The van der Waals surface area contributed by atoms with Crippen molar-refractivity contribution in [2.45, 2.75) is 13.8 Å². The fourth-order valence-corrected chi connectivity index (χ4v) is 3.17. The normalized spacial score (nSPS) is 18.3. The average molecular weight is 338 g/mol. The molecule has 2 amide bonds. The van der Waals surface area contributed by atoms with Gasteiger partial charge in [0.05, 0.1) is 4.91 Å². The molecule has 1 aromatic carbocycles. The van der Waals surface area contributed by atoms with E-state index in [-0.39, 0.29) is 11.8 Å². The van der Waals surface area contributed by atoms with E-state index >= 15 is 0 Å². The summed E-state index contributed by atoms with van der Waals surface area (Å²) in [5, 5.41) is 3.86. The predicted molar refractivity (Wildman–Crippen MR) is 91.1 cm³/mol. The van der Waals surface area contributed by atoms with E-state index in [4.69, 9.17) is 11.6 Å². The van der Waals surface area contributed by atoms with Gasteiger partial charge in [0.15, 0.2) is 5.17 Å². The highest BCUT2D eigenvalue weighted by atomic mass is 35.5. The van der Waals surface area contributed by atoms with Crippen molar-refractivity contribution in [3.05, 3.63) is 40.3 Å². The molecule has 1 heterocycles. The predicted octanol–water partition coefficient (Wildman–Crippen LogP) is 3.13. The molecule has 1 aromatic rings. The molecule has 116 valence electrons. The third-order valence-electron chi connectivity index (χ3n) is 2.85. The monoisotopic (exact) mass is 337 g/mol. The van der Waals surface area contributed by atoms with Crippen molar-refractivity contribution in [1.29, 1.82) is 0 Å². The Balaban J connectivity index is 2.13. The fourth-order valence-electron chi connectivity index (χ4n) is 1.90. The zero-order valence-electron chi connectivity index (χ0n) is 12.3. The summed E-state index contributed by atoms with van der Waals surface area (Å²) < 4.78 is 0. The number of likely N-dealkylation sites (N-methyl/N-ethyl adjacent to an activating group) is 1. The highest BCUT2D eigenvalue weighted by Crippen LogP contribution is 2.30. The number of nitrogens with zero attached hydrogens (tertiary/aromatic N) is 2. The van der Waals surface area contributed by atoms with Crippen LogP contribution < -0.4 is 5.32 Å². The number of amides is 2. The minimum absolute atomic E-state index is 0.194. The molecule has 7 heteroatoms. The molecule has 0 aliphatic carbocycles. The first kappa shape index (κ1) is 16.6. The first-order valence-electron chi connectivity index (χ1n) is 6.87. The number of aliphatic imine (C=N–C) groups is 1. The molecule has 1 saturated heterocycles. The molecule has 0 bridgehead atoms. The van der Waals surface area contributed by atoms with E-state index in [0.717, 1.165) is 0 Å². The summed E-state index contributed by atoms with van der Waals surface area (Å²) >= 11 is 7.08. The van der Waals surface area contributed by atoms with Gasteiger partial charge in [0, 0.05) is 29.9 Å². The van der Waals surface area contributed by atoms with Crippen LogP contribution in [0.2, 0.25) is 5.02 Å². The molecule has 1 aliphatic rings. The summed E-state index contributed by atoms with van der Waals surface area (Å²) in [5.74, 6) is -0.562. The van der Waals surface area contributed by atoms with Gasteiger partial charge in [-0.3, -0.25) is 19.5 Å². The molecule has 22 heavy (non-hydrogen) atoms. The molecule has 0 aromatic heterocycles. The molecule has 1 N–H and O–H groups in total. The number of carbonyl (C=O) groups is 2. The topological polar surface area (TPSA) is 61.8 Å². The highest BCUT2D eigenvalue weighted by Gasteiger charge is 2.32. The maximum Gasteiger partial charge on any atom is 0.266 e. The maximum absolute atomic E-state index is 12.2. The quantitative estimate of drug-likeness (QED) is 0.858. The first-order chi connectivity index (χ1) is 10.5. The van der Waals surface area contributed by atoms with Crippen LogP contribution in [0, 0.1) is 0 Å². The van der Waals surface area contributed by atoms with E-state index in [9.17, 15) is 9.59 Å². The summed E-state index contributed by atoms with van der Waals surface area (Å²) in [6, 6.07) is 6.84. The van der Waals surface area contributed by atoms with Gasteiger partial charge in [-0.05, 0) is 43.8 Å². The lowest BCUT2D eigenvalue weighted by Crippen LogP contribution is -2.29. The van der Waals surface area contributed by atoms with Crippen LogP contribution in [0.15, 0.2) is 40.2 Å². The van der Waals surface area contributed by atoms with Gasteiger partial charge in [0.1, 0.15) is 0 Å². The fraction of sp³-hybridized carbons (Fsp3) is 0.267. The Morgan fingerprint density at radius 1 is 1.45 bits per heavy atom. The lowest BCUT2D eigenvalue weighted by atomic mass is 10.3. The molecule has 0 spiro atoms. The number of anilines is 1. The minimum Gasteiger partial charge on any atom is -0.322 e. The lowest BCUT2D eigenvalue weighted by molar-refractivity contribution is -0.122. The van der Waals surface area contributed by atoms with E-state index in [1.165, 1.54) is 17.8 Å². The van der Waals surface area contributed by atoms with Crippen molar-refractivity contribution in [3.8, 4) is 0 Å². The summed E-state index contributed by atoms with van der Waals surface area (Å²) in [6.45, 7) is 4.89. The molecule has 1 fully saturated rings. The summed E-state index contributed by atoms with van der Waals surface area (Å²) in [7, 11) is 0. The van der Waals surface area contributed by atoms with E-state index in [1.807, 2.05) is 13.8 Å². The van der Waals surface area contributed by atoms with E-state index in [1.54, 1.807) is 29.2 Å². The van der Waals surface area contributed by atoms with Crippen molar-refractivity contribution in [2.24, 2.45) is 4.99 Å². The Morgan fingerprint density at radius 3 is 2.86 bits per heavy atom. The summed E-state index contributed by atoms with van der Waals surface area (Å²) in [5.41, 5.74) is 0.583. The van der Waals surface area contributed by atoms with Crippen LogP contribution in [0.3, 0.4) is 0 Å². The Bertz CT molecular complexity index is 658. The highest BCUT2D eigenvalue weighted by molar-refractivity contribution is 8.18. The maximum atomic E-state index is 12.2. The molecule has 0 radical (unpaired) electrons. The second kappa shape index (κ2) is 7.47. The van der Waals surface area contributed by atoms with Crippen molar-refractivity contribution < 1.29 is 9.59 Å². The molecule has 5 nitrogen and oxygen atoms in total. The van der Waals surface area contributed by atoms with Crippen molar-refractivity contribution >= 4 is 46.0 Å². The van der Waals surface area contributed by atoms with Gasteiger partial charge in [-0.2, -0.15) is 0 Å². The van der Waals surface area contributed by atoms with E-state index in [0.29, 0.717) is 33.9 Å². The average Bonchev–Trinajstić information content (AvgIpc) is 2.75. The van der Waals surface area contributed by atoms with Crippen LogP contribution in [-0.2, 0) is 9.59 Å². The summed E-state index contributed by atoms with van der Waals surface area (Å²) in [4.78, 5) is 30.5. The third-order valence-corrected chi connectivity index (χ3v) is 4.13. The molecule has 0 atom stereocenters. The molecular weight excluding hydrogens is 322 g/mol. The van der Waals surface area contributed by atoms with Crippen LogP contribution in [-0.4, -0.2) is 35.0 Å². The molecule has 0 saturated carbocycles. The zero-order chi connectivity index (χ0) is 16.1. The Kier molecular flexibility index (Phi) is 5.63. The first-order valence-corrected chi connectivity index (χ1v) is 8.07. The van der Waals surface area contributed by atoms with Crippen LogP contribution in [0.1, 0.15) is 13.8 Å². The second-order valence-corrected chi connectivity index (χ2v) is 5.86. The Morgan fingerprint density at radius 2 is 2.23 bits per heavy atom. The van der Waals surface area contributed by atoms with Crippen molar-refractivity contribution in [1.82, 2.24) is 4.90 Å². The number of amidine groups is 1. The number of halogens is 1. The van der Waals surface area contributed by atoms with Gasteiger partial charge in [-0.15, -0.1) is 0 Å². The molecule has 1 aliphatic heterocycles. The van der Waals surface area contributed by atoms with Crippen LogP contribution in [0.25, 0.3) is 0 Å². The van der Waals surface area contributed by atoms with Gasteiger partial charge < -0.3 is 5.32 Å². The minimum atomic E-state index is -0.369. The smallest absolute Gasteiger partial charge is 0.266 e. The number of hydrogen-bond acceptors (Lipinski definition) is 4. The number of rotatable bonds is 4. The zero-order valence-corrected chi connectivity index (χ0v) is 13.9. The van der Waals surface area contributed by atoms with E-state index < -0.39 is 0 Å². The lowest BCUT2D eigenvalue weighted by Gasteiger charge is -2.11. The van der Waals surface area contributed by atoms with Gasteiger partial charge >= 0.3 is 0 Å². The van der Waals surface area contributed by atoms with Gasteiger partial charge in [-0.1, -0.05) is 17.7 Å². The van der Waals surface area contributed by atoms with Gasteiger partial charge in [0.25, 0.3) is 5.91 Å². The van der Waals surface area contributed by atoms with Crippen LogP contribution in [0.5, 0.6) is 0 Å². The number of carbonyl (C=O) groups excluding carboxylic acids is 2. The number of benzene rings is 1. The van der Waals surface area contributed by atoms with Gasteiger partial charge in [0.2, 0.25) is 5.91 Å². The van der Waals surface area contributed by atoms with Crippen LogP contribution >= 0.6 is 23.4 Å². The molecule has 0 unspecified atom stereocenters. The Hall–Kier alpha value is -1.79. The second-order valence-electron chi connectivity index (χ2n) is 4.42. The van der Waals surface area contributed by atoms with Crippen LogP contribution in [0.4, 0.5) is 5.69 Å². The third kappa shape index (κ3) is 3.90. The molecular formula is C15H16ClN3O2S.